The fourth-order valence-electron chi connectivity index (χ4n) is 0.997. The van der Waals surface area contributed by atoms with Crippen LogP contribution in [-0.2, 0) is 4.79 Å². The van der Waals surface area contributed by atoms with Crippen LogP contribution >= 0.6 is 0 Å². The highest BCUT2D eigenvalue weighted by Crippen LogP contribution is 2.14. The molecule has 0 aliphatic rings. The number of hydrogen-bond acceptors (Lipinski definition) is 2. The number of benzene rings is 1. The molecule has 3 N–H and O–H groups in total. The molecule has 0 aromatic heterocycles. The Morgan fingerprint density at radius 3 is 2.47 bits per heavy atom. The molecule has 5 heteroatoms. The molecule has 0 heterocycles. The molecule has 1 aromatic carbocycles. The predicted molar refractivity (Wildman–Crippen MR) is 53.8 cm³/mol. The number of carbonyl (C=O) groups excluding carboxylic acids is 2. The Hall–Kier alpha value is -2.17. The summed E-state index contributed by atoms with van der Waals surface area (Å²) in [5.41, 5.74) is 5.34. The molecule has 0 bridgehead atoms. The lowest BCUT2D eigenvalue weighted by Crippen LogP contribution is -2.17. The van der Waals surface area contributed by atoms with Crippen molar-refractivity contribution in [2.24, 2.45) is 5.73 Å². The highest BCUT2D eigenvalue weighted by molar-refractivity contribution is 6.07. The van der Waals surface area contributed by atoms with Crippen LogP contribution in [0.1, 0.15) is 10.4 Å². The smallest absolute Gasteiger partial charge is 0.283 e. The zero-order valence-corrected chi connectivity index (χ0v) is 7.79. The Morgan fingerprint density at radius 1 is 1.33 bits per heavy atom. The minimum absolute atomic E-state index is 0.118. The lowest BCUT2D eigenvalue weighted by atomic mass is 10.1. The maximum atomic E-state index is 12.4. The van der Waals surface area contributed by atoms with Crippen molar-refractivity contribution in [1.29, 1.82) is 0 Å². The molecule has 15 heavy (non-hydrogen) atoms. The van der Waals surface area contributed by atoms with Crippen LogP contribution in [0.5, 0.6) is 0 Å². The predicted octanol–water partition coefficient (Wildman–Crippen LogP) is 1.21. The normalized spacial score (nSPS) is 9.40. The van der Waals surface area contributed by atoms with E-state index in [9.17, 15) is 14.0 Å². The average Bonchev–Trinajstić information content (AvgIpc) is 2.18. The Kier molecular flexibility index (Phi) is 3.17. The Bertz CT molecular complexity index is 429. The lowest BCUT2D eigenvalue weighted by Gasteiger charge is -2.06. The number of anilines is 1. The van der Waals surface area contributed by atoms with Gasteiger partial charge in [0.1, 0.15) is 0 Å². The molecule has 0 spiro atoms. The van der Waals surface area contributed by atoms with E-state index in [0.717, 1.165) is 0 Å². The first kappa shape index (κ1) is 10.9. The second-order valence-corrected chi connectivity index (χ2v) is 2.77. The fourth-order valence-corrected chi connectivity index (χ4v) is 0.997. The Labute approximate surface area is 85.6 Å². The summed E-state index contributed by atoms with van der Waals surface area (Å²) in [4.78, 5) is 21.9. The maximum Gasteiger partial charge on any atom is 0.283 e. The highest BCUT2D eigenvalue weighted by Gasteiger charge is 2.11. The van der Waals surface area contributed by atoms with Crippen LogP contribution in [-0.4, -0.2) is 11.8 Å². The molecule has 0 atom stereocenters. The van der Waals surface area contributed by atoms with Gasteiger partial charge in [0.25, 0.3) is 11.8 Å². The van der Waals surface area contributed by atoms with Crippen molar-refractivity contribution in [3.8, 4) is 0 Å². The molecule has 0 aliphatic heterocycles. The minimum atomic E-state index is -1.13. The fraction of sp³-hybridized carbons (Fsp3) is 0. The largest absolute Gasteiger partial charge is 0.366 e. The third kappa shape index (κ3) is 2.63. The molecule has 1 aromatic rings. The van der Waals surface area contributed by atoms with Gasteiger partial charge < -0.3 is 11.1 Å². The SMILES string of the molecule is C=C(F)C(=O)Nc1ccccc1C(N)=O. The second-order valence-electron chi connectivity index (χ2n) is 2.77. The molecule has 4 nitrogen and oxygen atoms in total. The molecule has 2 amide bonds. The van der Waals surface area contributed by atoms with Gasteiger partial charge in [0.2, 0.25) is 0 Å². The summed E-state index contributed by atoms with van der Waals surface area (Å²) >= 11 is 0. The molecule has 0 unspecified atom stereocenters. The van der Waals surface area contributed by atoms with E-state index in [1.807, 2.05) is 0 Å². The standard InChI is InChI=1S/C10H9FN2O2/c1-6(11)10(15)13-8-5-3-2-4-7(8)9(12)14/h2-5H,1H2,(H2,12,14)(H,13,15). The Morgan fingerprint density at radius 2 is 1.93 bits per heavy atom. The summed E-state index contributed by atoms with van der Waals surface area (Å²) in [6.07, 6.45) is 0. The summed E-state index contributed by atoms with van der Waals surface area (Å²) < 4.78 is 12.4. The van der Waals surface area contributed by atoms with Crippen LogP contribution in [0.4, 0.5) is 10.1 Å². The van der Waals surface area contributed by atoms with Crippen LogP contribution in [0, 0.1) is 0 Å². The third-order valence-electron chi connectivity index (χ3n) is 1.69. The summed E-state index contributed by atoms with van der Waals surface area (Å²) in [7, 11) is 0. The van der Waals surface area contributed by atoms with Crippen molar-refractivity contribution in [1.82, 2.24) is 0 Å². The first-order chi connectivity index (χ1) is 7.02. The van der Waals surface area contributed by atoms with E-state index in [2.05, 4.69) is 11.9 Å². The number of primary amides is 1. The van der Waals surface area contributed by atoms with E-state index in [4.69, 9.17) is 5.73 Å². The van der Waals surface area contributed by atoms with Crippen molar-refractivity contribution >= 4 is 17.5 Å². The molecule has 0 aliphatic carbocycles. The molecule has 0 saturated heterocycles. The van der Waals surface area contributed by atoms with Crippen molar-refractivity contribution in [3.05, 3.63) is 42.2 Å². The average molecular weight is 208 g/mol. The lowest BCUT2D eigenvalue weighted by molar-refractivity contribution is -0.114. The van der Waals surface area contributed by atoms with Crippen molar-refractivity contribution < 1.29 is 14.0 Å². The number of hydrogen-bond donors (Lipinski definition) is 2. The van der Waals surface area contributed by atoms with Crippen LogP contribution in [0.25, 0.3) is 0 Å². The summed E-state index contributed by atoms with van der Waals surface area (Å²) in [5, 5.41) is 2.18. The number of para-hydroxylation sites is 1. The van der Waals surface area contributed by atoms with Gasteiger partial charge in [-0.25, -0.2) is 4.39 Å². The summed E-state index contributed by atoms with van der Waals surface area (Å²) in [6.45, 7) is 2.83. The molecular weight excluding hydrogens is 199 g/mol. The molecule has 78 valence electrons. The molecular formula is C10H9FN2O2. The van der Waals surface area contributed by atoms with E-state index in [1.165, 1.54) is 12.1 Å². The van der Waals surface area contributed by atoms with E-state index in [0.29, 0.717) is 0 Å². The van der Waals surface area contributed by atoms with Crippen LogP contribution in [0.15, 0.2) is 36.7 Å². The number of amides is 2. The molecule has 0 radical (unpaired) electrons. The number of nitrogens with two attached hydrogens (primary N) is 1. The van der Waals surface area contributed by atoms with Gasteiger partial charge in [-0.05, 0) is 12.1 Å². The summed E-state index contributed by atoms with van der Waals surface area (Å²) in [6, 6.07) is 6.04. The third-order valence-corrected chi connectivity index (χ3v) is 1.69. The first-order valence-corrected chi connectivity index (χ1v) is 4.07. The van der Waals surface area contributed by atoms with Crippen LogP contribution in [0.2, 0.25) is 0 Å². The topological polar surface area (TPSA) is 72.2 Å². The first-order valence-electron chi connectivity index (χ1n) is 4.07. The van der Waals surface area contributed by atoms with Gasteiger partial charge in [-0.3, -0.25) is 9.59 Å². The maximum absolute atomic E-state index is 12.4. The van der Waals surface area contributed by atoms with Gasteiger partial charge >= 0.3 is 0 Å². The zero-order valence-electron chi connectivity index (χ0n) is 7.79. The summed E-state index contributed by atoms with van der Waals surface area (Å²) in [5.74, 6) is -2.83. The molecule has 1 rings (SSSR count). The van der Waals surface area contributed by atoms with Gasteiger partial charge in [0.05, 0.1) is 11.3 Å². The molecule has 0 fully saturated rings. The van der Waals surface area contributed by atoms with Crippen LogP contribution in [0.3, 0.4) is 0 Å². The van der Waals surface area contributed by atoms with Crippen molar-refractivity contribution in [2.45, 2.75) is 0 Å². The van der Waals surface area contributed by atoms with Crippen LogP contribution < -0.4 is 11.1 Å². The van der Waals surface area contributed by atoms with Crippen molar-refractivity contribution in [3.63, 3.8) is 0 Å². The number of nitrogens with one attached hydrogen (secondary N) is 1. The quantitative estimate of drug-likeness (QED) is 0.733. The van der Waals surface area contributed by atoms with Gasteiger partial charge in [-0.15, -0.1) is 0 Å². The van der Waals surface area contributed by atoms with Crippen molar-refractivity contribution in [2.75, 3.05) is 5.32 Å². The molecule has 0 saturated carbocycles. The van der Waals surface area contributed by atoms with Gasteiger partial charge in [-0.1, -0.05) is 18.7 Å². The minimum Gasteiger partial charge on any atom is -0.366 e. The zero-order chi connectivity index (χ0) is 11.4. The monoisotopic (exact) mass is 208 g/mol. The number of halogens is 1. The second kappa shape index (κ2) is 4.36. The highest BCUT2D eigenvalue weighted by atomic mass is 19.1. The Balaban J connectivity index is 2.99. The van der Waals surface area contributed by atoms with E-state index in [-0.39, 0.29) is 11.3 Å². The van der Waals surface area contributed by atoms with Gasteiger partial charge in [0, 0.05) is 0 Å². The number of rotatable bonds is 3. The van der Waals surface area contributed by atoms with Gasteiger partial charge in [0.15, 0.2) is 5.83 Å². The van der Waals surface area contributed by atoms with E-state index in [1.54, 1.807) is 12.1 Å². The van der Waals surface area contributed by atoms with E-state index >= 15 is 0 Å². The van der Waals surface area contributed by atoms with E-state index < -0.39 is 17.6 Å². The number of carbonyl (C=O) groups is 2. The van der Waals surface area contributed by atoms with Gasteiger partial charge in [-0.2, -0.15) is 0 Å².